The second-order valence-corrected chi connectivity index (χ2v) is 7.63. The van der Waals surface area contributed by atoms with E-state index in [1.165, 1.54) is 43.1 Å². The van der Waals surface area contributed by atoms with Gasteiger partial charge in [0, 0.05) is 25.8 Å². The van der Waals surface area contributed by atoms with Crippen LogP contribution in [0.25, 0.3) is 43.1 Å². The molecule has 34 heavy (non-hydrogen) atoms. The van der Waals surface area contributed by atoms with Crippen molar-refractivity contribution in [3.05, 3.63) is 153 Å². The van der Waals surface area contributed by atoms with Crippen molar-refractivity contribution in [2.24, 2.45) is 0 Å². The largest absolute Gasteiger partial charge is 0.168 e. The Labute approximate surface area is 220 Å². The second kappa shape index (κ2) is 12.7. The van der Waals surface area contributed by atoms with Crippen LogP contribution >= 0.6 is 0 Å². The third kappa shape index (κ3) is 5.92. The molecule has 0 bridgehead atoms. The third-order valence-corrected chi connectivity index (χ3v) is 5.62. The van der Waals surface area contributed by atoms with Crippen molar-refractivity contribution in [3.63, 3.8) is 0 Å². The topological polar surface area (TPSA) is 0 Å². The van der Waals surface area contributed by atoms with Gasteiger partial charge in [-0.1, -0.05) is 48.5 Å². The molecule has 7 rings (SSSR count). The van der Waals surface area contributed by atoms with Gasteiger partial charge in [0.1, 0.15) is 0 Å². The molecule has 166 valence electrons. The number of rotatable bonds is 0. The molecular formula is C33H27Hf-3. The Bertz CT molecular complexity index is 1380. The fourth-order valence-electron chi connectivity index (χ4n) is 4.04. The molecule has 0 nitrogen and oxygen atoms in total. The standard InChI is InChI=1S/C13H9.2C9H7.C2H4.Hf/c1-3-7-12-10(5-1)9-11-6-2-4-8-13(11)12;2*1-2-5-9-7-3-6-8(9)4-1;1-2;/h1-9H;2*1-7H;1-2H2;/q3*-1;;. The van der Waals surface area contributed by atoms with Gasteiger partial charge in [0.05, 0.1) is 0 Å². The minimum atomic E-state index is 0. The zero-order chi connectivity index (χ0) is 22.9. The molecule has 0 heterocycles. The molecule has 0 atom stereocenters. The fraction of sp³-hybridized carbons (Fsp3) is 0. The van der Waals surface area contributed by atoms with Gasteiger partial charge in [0.15, 0.2) is 0 Å². The SMILES string of the molecule is C=C.[Hf].c1ccc2[cH-]ccc2c1.c1ccc2[cH-]ccc2c1.c1ccc2c(c1)[cH-]c1ccccc12. The molecule has 0 aliphatic carbocycles. The van der Waals surface area contributed by atoms with Crippen LogP contribution in [0.5, 0.6) is 0 Å². The van der Waals surface area contributed by atoms with E-state index in [-0.39, 0.29) is 25.8 Å². The molecule has 1 heteroatoms. The van der Waals surface area contributed by atoms with Crippen LogP contribution in [-0.2, 0) is 25.8 Å². The number of fused-ring (bicyclic) bond motifs is 5. The van der Waals surface area contributed by atoms with Crippen LogP contribution in [0.2, 0.25) is 0 Å². The zero-order valence-corrected chi connectivity index (χ0v) is 22.8. The molecule has 0 aromatic heterocycles. The summed E-state index contributed by atoms with van der Waals surface area (Å²) in [7, 11) is 0. The maximum atomic E-state index is 3.00. The van der Waals surface area contributed by atoms with Gasteiger partial charge < -0.3 is 0 Å². The maximum absolute atomic E-state index is 3.00. The van der Waals surface area contributed by atoms with Crippen LogP contribution < -0.4 is 0 Å². The summed E-state index contributed by atoms with van der Waals surface area (Å²) >= 11 is 0. The Balaban J connectivity index is 0.000000139. The minimum absolute atomic E-state index is 0. The molecule has 0 N–H and O–H groups in total. The first-order valence-electron chi connectivity index (χ1n) is 11.1. The quantitative estimate of drug-likeness (QED) is 0.0922. The van der Waals surface area contributed by atoms with E-state index in [1.807, 2.05) is 0 Å². The molecule has 0 unspecified atom stereocenters. The Morgan fingerprint density at radius 1 is 0.412 bits per heavy atom. The van der Waals surface area contributed by atoms with Gasteiger partial charge in [-0.15, -0.1) is 112 Å². The Morgan fingerprint density at radius 2 is 0.765 bits per heavy atom. The molecule has 0 fully saturated rings. The van der Waals surface area contributed by atoms with Crippen molar-refractivity contribution in [3.8, 4) is 0 Å². The summed E-state index contributed by atoms with van der Waals surface area (Å²) in [4.78, 5) is 0. The summed E-state index contributed by atoms with van der Waals surface area (Å²) in [6, 6.07) is 48.6. The number of hydrogen-bond donors (Lipinski definition) is 0. The van der Waals surface area contributed by atoms with Gasteiger partial charge >= 0.3 is 0 Å². The first kappa shape index (κ1) is 25.2. The van der Waals surface area contributed by atoms with E-state index in [4.69, 9.17) is 0 Å². The summed E-state index contributed by atoms with van der Waals surface area (Å²) in [5.41, 5.74) is 0. The fourth-order valence-corrected chi connectivity index (χ4v) is 4.04. The zero-order valence-electron chi connectivity index (χ0n) is 19.2. The number of hydrogen-bond acceptors (Lipinski definition) is 0. The normalized spacial score (nSPS) is 9.76. The summed E-state index contributed by atoms with van der Waals surface area (Å²) in [6.07, 6.45) is 0. The van der Waals surface area contributed by atoms with E-state index in [1.54, 1.807) is 0 Å². The van der Waals surface area contributed by atoms with Gasteiger partial charge in [-0.25, -0.2) is 0 Å². The van der Waals surface area contributed by atoms with E-state index in [0.29, 0.717) is 0 Å². The monoisotopic (exact) mass is 603 g/mol. The van der Waals surface area contributed by atoms with Crippen LogP contribution in [-0.4, -0.2) is 0 Å². The van der Waals surface area contributed by atoms with Crippen molar-refractivity contribution in [2.45, 2.75) is 0 Å². The van der Waals surface area contributed by atoms with Gasteiger partial charge in [-0.05, 0) is 0 Å². The average molecular weight is 602 g/mol. The van der Waals surface area contributed by atoms with E-state index >= 15 is 0 Å². The summed E-state index contributed by atoms with van der Waals surface area (Å²) in [5.74, 6) is 0. The number of benzene rings is 4. The van der Waals surface area contributed by atoms with Crippen molar-refractivity contribution >= 4 is 43.1 Å². The third-order valence-electron chi connectivity index (χ3n) is 5.62. The summed E-state index contributed by atoms with van der Waals surface area (Å²) in [6.45, 7) is 6.00. The van der Waals surface area contributed by atoms with E-state index in [2.05, 4.69) is 153 Å². The van der Waals surface area contributed by atoms with Crippen molar-refractivity contribution in [1.29, 1.82) is 0 Å². The predicted octanol–water partition coefficient (Wildman–Crippen LogP) is 9.63. The van der Waals surface area contributed by atoms with Crippen LogP contribution in [0.3, 0.4) is 0 Å². The van der Waals surface area contributed by atoms with E-state index in [0.717, 1.165) is 0 Å². The van der Waals surface area contributed by atoms with Crippen molar-refractivity contribution in [2.75, 3.05) is 0 Å². The average Bonchev–Trinajstić information content (AvgIpc) is 3.64. The molecule has 7 aromatic rings. The van der Waals surface area contributed by atoms with Gasteiger partial charge in [0.25, 0.3) is 0 Å². The molecular weight excluding hydrogens is 575 g/mol. The Kier molecular flexibility index (Phi) is 9.43. The molecule has 0 amide bonds. The predicted molar refractivity (Wildman–Crippen MR) is 147 cm³/mol. The molecule has 0 radical (unpaired) electrons. The van der Waals surface area contributed by atoms with Gasteiger partial charge in [-0.3, -0.25) is 0 Å². The summed E-state index contributed by atoms with van der Waals surface area (Å²) < 4.78 is 0. The second-order valence-electron chi connectivity index (χ2n) is 7.63. The van der Waals surface area contributed by atoms with E-state index < -0.39 is 0 Å². The first-order chi connectivity index (χ1) is 16.4. The first-order valence-corrected chi connectivity index (χ1v) is 11.1. The Morgan fingerprint density at radius 3 is 1.18 bits per heavy atom. The molecule has 0 aliphatic heterocycles. The van der Waals surface area contributed by atoms with Crippen molar-refractivity contribution in [1.82, 2.24) is 0 Å². The molecule has 0 spiro atoms. The molecule has 7 aromatic carbocycles. The van der Waals surface area contributed by atoms with Gasteiger partial charge in [-0.2, -0.15) is 35.0 Å². The minimum Gasteiger partial charge on any atom is -0.168 e. The van der Waals surface area contributed by atoms with Crippen LogP contribution in [0.15, 0.2) is 153 Å². The molecule has 0 saturated carbocycles. The Hall–Kier alpha value is -3.42. The van der Waals surface area contributed by atoms with Crippen molar-refractivity contribution < 1.29 is 25.8 Å². The van der Waals surface area contributed by atoms with Gasteiger partial charge in [0.2, 0.25) is 0 Å². The van der Waals surface area contributed by atoms with Crippen LogP contribution in [0, 0.1) is 0 Å². The smallest absolute Gasteiger partial charge is 0 e. The van der Waals surface area contributed by atoms with Crippen LogP contribution in [0.4, 0.5) is 0 Å². The maximum Gasteiger partial charge on any atom is 0 e. The summed E-state index contributed by atoms with van der Waals surface area (Å²) in [5, 5.41) is 10.7. The van der Waals surface area contributed by atoms with Crippen LogP contribution in [0.1, 0.15) is 0 Å². The van der Waals surface area contributed by atoms with E-state index in [9.17, 15) is 0 Å². The molecule has 0 saturated heterocycles. The molecule has 0 aliphatic rings.